The highest BCUT2D eigenvalue weighted by atomic mass is 79.9. The van der Waals surface area contributed by atoms with Crippen LogP contribution in [-0.2, 0) is 0 Å². The number of nitrogens with one attached hydrogen (secondary N) is 1. The second kappa shape index (κ2) is 9.29. The molecule has 0 aromatic heterocycles. The highest BCUT2D eigenvalue weighted by Crippen LogP contribution is 2.33. The quantitative estimate of drug-likeness (QED) is 0.564. The van der Waals surface area contributed by atoms with Gasteiger partial charge in [0.25, 0.3) is 5.91 Å². The third kappa shape index (κ3) is 4.84. The zero-order valence-corrected chi connectivity index (χ0v) is 20.0. The first kappa shape index (κ1) is 21.7. The van der Waals surface area contributed by atoms with Crippen LogP contribution in [-0.4, -0.2) is 55.0 Å². The van der Waals surface area contributed by atoms with Gasteiger partial charge in [-0.15, -0.1) is 0 Å². The maximum absolute atomic E-state index is 13.0. The summed E-state index contributed by atoms with van der Waals surface area (Å²) in [6.45, 7) is 10.0. The fraction of sp³-hybridized carbons (Fsp3) is 0.458. The molecule has 0 aliphatic carbocycles. The Morgan fingerprint density at radius 1 is 1.10 bits per heavy atom. The summed E-state index contributed by atoms with van der Waals surface area (Å²) >= 11 is 9.73. The maximum atomic E-state index is 13.0. The number of hydrogen-bond donors (Lipinski definition) is 1. The number of carbonyl (C=O) groups excluding carboxylic acids is 1. The zero-order chi connectivity index (χ0) is 21.3. The van der Waals surface area contributed by atoms with Crippen LogP contribution >= 0.6 is 27.5 Å². The lowest BCUT2D eigenvalue weighted by molar-refractivity contribution is 0.0773. The van der Waals surface area contributed by atoms with Crippen LogP contribution in [0.5, 0.6) is 0 Å². The van der Waals surface area contributed by atoms with Gasteiger partial charge < -0.3 is 15.1 Å². The van der Waals surface area contributed by atoms with Gasteiger partial charge in [-0.25, -0.2) is 0 Å². The first-order chi connectivity index (χ1) is 14.4. The van der Waals surface area contributed by atoms with Gasteiger partial charge in [0.1, 0.15) is 0 Å². The lowest BCUT2D eigenvalue weighted by atomic mass is 10.0. The summed E-state index contributed by atoms with van der Waals surface area (Å²) in [4.78, 5) is 17.6. The number of likely N-dealkylation sites (tertiary alicyclic amines) is 2. The third-order valence-corrected chi connectivity index (χ3v) is 7.45. The van der Waals surface area contributed by atoms with Gasteiger partial charge in [0.2, 0.25) is 0 Å². The molecule has 0 saturated carbocycles. The van der Waals surface area contributed by atoms with Crippen LogP contribution in [0.15, 0.2) is 40.9 Å². The zero-order valence-electron chi connectivity index (χ0n) is 17.6. The molecule has 0 bridgehead atoms. The molecule has 2 unspecified atom stereocenters. The summed E-state index contributed by atoms with van der Waals surface area (Å²) in [5.74, 6) is 1.36. The Hall–Kier alpha value is -1.56. The lowest BCUT2D eigenvalue weighted by Crippen LogP contribution is -2.34. The molecular formula is C24H29BrClN3O. The SMILES string of the molecule is Cc1ccc(Br)c(C(=O)N2CC3CN(CCCNc4ccc(C)c(Cl)c4)CC3C2)c1. The van der Waals surface area contributed by atoms with Crippen LogP contribution in [0.25, 0.3) is 0 Å². The molecule has 2 aromatic rings. The van der Waals surface area contributed by atoms with E-state index >= 15 is 0 Å². The number of carbonyl (C=O) groups is 1. The average Bonchev–Trinajstić information content (AvgIpc) is 3.28. The van der Waals surface area contributed by atoms with E-state index in [1.54, 1.807) is 0 Å². The molecule has 2 aliphatic rings. The highest BCUT2D eigenvalue weighted by molar-refractivity contribution is 9.10. The topological polar surface area (TPSA) is 35.6 Å². The van der Waals surface area contributed by atoms with Crippen LogP contribution in [0.1, 0.15) is 27.9 Å². The van der Waals surface area contributed by atoms with Gasteiger partial charge in [0.15, 0.2) is 0 Å². The van der Waals surface area contributed by atoms with Crippen LogP contribution < -0.4 is 5.32 Å². The number of hydrogen-bond acceptors (Lipinski definition) is 3. The molecule has 2 saturated heterocycles. The molecule has 2 fully saturated rings. The van der Waals surface area contributed by atoms with E-state index in [-0.39, 0.29) is 5.91 Å². The van der Waals surface area contributed by atoms with Gasteiger partial charge in [-0.2, -0.15) is 0 Å². The van der Waals surface area contributed by atoms with Crippen molar-refractivity contribution in [2.45, 2.75) is 20.3 Å². The molecule has 6 heteroatoms. The van der Waals surface area contributed by atoms with Crippen molar-refractivity contribution in [3.8, 4) is 0 Å². The molecular weight excluding hydrogens is 462 g/mol. The summed E-state index contributed by atoms with van der Waals surface area (Å²) in [6, 6.07) is 12.1. The van der Waals surface area contributed by atoms with Gasteiger partial charge in [-0.3, -0.25) is 4.79 Å². The minimum Gasteiger partial charge on any atom is -0.385 e. The van der Waals surface area contributed by atoms with E-state index in [1.807, 2.05) is 38.1 Å². The molecule has 2 atom stereocenters. The minimum atomic E-state index is 0.160. The summed E-state index contributed by atoms with van der Waals surface area (Å²) in [5, 5.41) is 4.28. The van der Waals surface area contributed by atoms with Crippen LogP contribution in [0.3, 0.4) is 0 Å². The maximum Gasteiger partial charge on any atom is 0.255 e. The molecule has 160 valence electrons. The monoisotopic (exact) mass is 489 g/mol. The first-order valence-electron chi connectivity index (χ1n) is 10.7. The van der Waals surface area contributed by atoms with Gasteiger partial charge in [0, 0.05) is 47.9 Å². The van der Waals surface area contributed by atoms with E-state index in [0.29, 0.717) is 11.8 Å². The van der Waals surface area contributed by atoms with Crippen molar-refractivity contribution in [2.24, 2.45) is 11.8 Å². The molecule has 4 nitrogen and oxygen atoms in total. The Balaban J connectivity index is 1.22. The number of anilines is 1. The fourth-order valence-corrected chi connectivity index (χ4v) is 5.25. The summed E-state index contributed by atoms with van der Waals surface area (Å²) < 4.78 is 0.888. The lowest BCUT2D eigenvalue weighted by Gasteiger charge is -2.22. The smallest absolute Gasteiger partial charge is 0.255 e. The van der Waals surface area contributed by atoms with E-state index < -0.39 is 0 Å². The van der Waals surface area contributed by atoms with E-state index in [2.05, 4.69) is 43.2 Å². The molecule has 1 N–H and O–H groups in total. The number of aryl methyl sites for hydroxylation is 2. The predicted octanol–water partition coefficient (Wildman–Crippen LogP) is 5.23. The minimum absolute atomic E-state index is 0.160. The van der Waals surface area contributed by atoms with Crippen LogP contribution in [0.4, 0.5) is 5.69 Å². The predicted molar refractivity (Wildman–Crippen MR) is 127 cm³/mol. The van der Waals surface area contributed by atoms with Crippen molar-refractivity contribution in [1.82, 2.24) is 9.80 Å². The number of nitrogens with zero attached hydrogens (tertiary/aromatic N) is 2. The molecule has 0 radical (unpaired) electrons. The van der Waals surface area contributed by atoms with Crippen molar-refractivity contribution in [3.05, 3.63) is 62.6 Å². The number of halogens is 2. The second-order valence-corrected chi connectivity index (χ2v) is 9.98. The third-order valence-electron chi connectivity index (χ3n) is 6.35. The van der Waals surface area contributed by atoms with Crippen LogP contribution in [0, 0.1) is 25.7 Å². The highest BCUT2D eigenvalue weighted by Gasteiger charge is 2.41. The molecule has 2 heterocycles. The Bertz CT molecular complexity index is 921. The fourth-order valence-electron chi connectivity index (χ4n) is 4.65. The largest absolute Gasteiger partial charge is 0.385 e. The Labute approximate surface area is 192 Å². The summed E-state index contributed by atoms with van der Waals surface area (Å²) in [5.41, 5.74) is 4.09. The van der Waals surface area contributed by atoms with Crippen molar-refractivity contribution < 1.29 is 4.79 Å². The van der Waals surface area contributed by atoms with Gasteiger partial charge in [-0.05, 0) is 84.4 Å². The number of amides is 1. The van der Waals surface area contributed by atoms with Crippen molar-refractivity contribution in [1.29, 1.82) is 0 Å². The van der Waals surface area contributed by atoms with E-state index in [4.69, 9.17) is 11.6 Å². The van der Waals surface area contributed by atoms with Crippen molar-refractivity contribution in [3.63, 3.8) is 0 Å². The Kier molecular flexibility index (Phi) is 6.71. The van der Waals surface area contributed by atoms with E-state index in [0.717, 1.165) is 77.6 Å². The molecule has 1 amide bonds. The average molecular weight is 491 g/mol. The summed E-state index contributed by atoms with van der Waals surface area (Å²) in [6.07, 6.45) is 1.10. The van der Waals surface area contributed by atoms with Gasteiger partial charge >= 0.3 is 0 Å². The molecule has 0 spiro atoms. The number of benzene rings is 2. The number of fused-ring (bicyclic) bond motifs is 1. The molecule has 30 heavy (non-hydrogen) atoms. The Morgan fingerprint density at radius 2 is 1.83 bits per heavy atom. The standard InChI is InChI=1S/C24H29BrClN3O/c1-16-4-7-22(25)21(10-16)24(30)29-14-18-12-28(13-19(18)15-29)9-3-8-27-20-6-5-17(2)23(26)11-20/h4-7,10-11,18-19,27H,3,8-9,12-15H2,1-2H3. The van der Waals surface area contributed by atoms with E-state index in [1.165, 1.54) is 0 Å². The van der Waals surface area contributed by atoms with Gasteiger partial charge in [0.05, 0.1) is 5.56 Å². The summed E-state index contributed by atoms with van der Waals surface area (Å²) in [7, 11) is 0. The van der Waals surface area contributed by atoms with E-state index in [9.17, 15) is 4.79 Å². The molecule has 2 aliphatic heterocycles. The second-order valence-electron chi connectivity index (χ2n) is 8.72. The molecule has 2 aromatic carbocycles. The Morgan fingerprint density at radius 3 is 2.53 bits per heavy atom. The van der Waals surface area contributed by atoms with Gasteiger partial charge in [-0.1, -0.05) is 29.3 Å². The number of rotatable bonds is 6. The van der Waals surface area contributed by atoms with Crippen molar-refractivity contribution in [2.75, 3.05) is 44.6 Å². The van der Waals surface area contributed by atoms with Crippen molar-refractivity contribution >= 4 is 39.1 Å². The van der Waals surface area contributed by atoms with Crippen LogP contribution in [0.2, 0.25) is 5.02 Å². The first-order valence-corrected chi connectivity index (χ1v) is 11.9. The molecule has 4 rings (SSSR count). The normalized spacial score (nSPS) is 21.1.